The van der Waals surface area contributed by atoms with Crippen molar-refractivity contribution in [2.24, 2.45) is 0 Å². The quantitative estimate of drug-likeness (QED) is 0.903. The summed E-state index contributed by atoms with van der Waals surface area (Å²) in [5, 5.41) is 11.8. The van der Waals surface area contributed by atoms with Gasteiger partial charge in [0.05, 0.1) is 6.10 Å². The highest BCUT2D eigenvalue weighted by Crippen LogP contribution is 2.28. The molecule has 2 aromatic rings. The Morgan fingerprint density at radius 1 is 1.32 bits per heavy atom. The molecule has 102 valence electrons. The predicted molar refractivity (Wildman–Crippen MR) is 78.3 cm³/mol. The van der Waals surface area contributed by atoms with Crippen LogP contribution < -0.4 is 4.90 Å². The standard InChI is InChI=1S/C15H18FNOS/c1-11(18)15-13(16)6-3-7-14(15)17(2)9-8-12-5-4-10-19-12/h3-7,10-11,18H,8-9H2,1-2H3/t11-/m1/s1. The van der Waals surface area contributed by atoms with Crippen LogP contribution in [0, 0.1) is 5.82 Å². The number of rotatable bonds is 5. The molecule has 0 unspecified atom stereocenters. The van der Waals surface area contributed by atoms with E-state index in [-0.39, 0.29) is 5.82 Å². The normalized spacial score (nSPS) is 12.4. The highest BCUT2D eigenvalue weighted by Gasteiger charge is 2.16. The SMILES string of the molecule is C[C@@H](O)c1c(F)cccc1N(C)CCc1cccs1. The number of hydrogen-bond donors (Lipinski definition) is 1. The summed E-state index contributed by atoms with van der Waals surface area (Å²) in [6.07, 6.45) is 0.115. The topological polar surface area (TPSA) is 23.5 Å². The molecule has 1 aromatic heterocycles. The van der Waals surface area contributed by atoms with Crippen LogP contribution in [0.5, 0.6) is 0 Å². The molecule has 0 spiro atoms. The van der Waals surface area contributed by atoms with Crippen molar-refractivity contribution in [1.29, 1.82) is 0 Å². The summed E-state index contributed by atoms with van der Waals surface area (Å²) < 4.78 is 13.8. The Labute approximate surface area is 117 Å². The molecule has 0 amide bonds. The summed E-state index contributed by atoms with van der Waals surface area (Å²) in [4.78, 5) is 3.30. The molecule has 2 nitrogen and oxygen atoms in total. The summed E-state index contributed by atoms with van der Waals surface area (Å²) in [7, 11) is 1.92. The van der Waals surface area contributed by atoms with Crippen LogP contribution in [0.2, 0.25) is 0 Å². The second kappa shape index (κ2) is 6.17. The maximum atomic E-state index is 13.8. The second-order valence-electron chi connectivity index (χ2n) is 4.60. The molecule has 0 radical (unpaired) electrons. The molecule has 1 atom stereocenters. The van der Waals surface area contributed by atoms with Gasteiger partial charge in [-0.25, -0.2) is 4.39 Å². The molecule has 0 aliphatic heterocycles. The van der Waals surface area contributed by atoms with E-state index in [1.807, 2.05) is 24.1 Å². The van der Waals surface area contributed by atoms with E-state index in [0.29, 0.717) is 5.56 Å². The Kier molecular flexibility index (Phi) is 4.56. The van der Waals surface area contributed by atoms with Gasteiger partial charge in [0.2, 0.25) is 0 Å². The number of thiophene rings is 1. The number of aliphatic hydroxyl groups excluding tert-OH is 1. The van der Waals surface area contributed by atoms with E-state index < -0.39 is 6.10 Å². The van der Waals surface area contributed by atoms with E-state index in [0.717, 1.165) is 18.7 Å². The molecule has 0 saturated carbocycles. The van der Waals surface area contributed by atoms with Crippen LogP contribution in [-0.4, -0.2) is 18.7 Å². The van der Waals surface area contributed by atoms with Gasteiger partial charge < -0.3 is 10.0 Å². The van der Waals surface area contributed by atoms with Gasteiger partial charge in [0.15, 0.2) is 0 Å². The van der Waals surface area contributed by atoms with Gasteiger partial charge in [0.1, 0.15) is 5.82 Å². The molecule has 0 aliphatic rings. The van der Waals surface area contributed by atoms with Gasteiger partial charge in [-0.3, -0.25) is 0 Å². The molecule has 0 aliphatic carbocycles. The average Bonchev–Trinajstić information content (AvgIpc) is 2.88. The Balaban J connectivity index is 2.14. The zero-order valence-electron chi connectivity index (χ0n) is 11.1. The van der Waals surface area contributed by atoms with Crippen LogP contribution in [0.15, 0.2) is 35.7 Å². The molecule has 0 saturated heterocycles. The van der Waals surface area contributed by atoms with Gasteiger partial charge in [0.25, 0.3) is 0 Å². The van der Waals surface area contributed by atoms with Gasteiger partial charge in [-0.05, 0) is 36.9 Å². The fraction of sp³-hybridized carbons (Fsp3) is 0.333. The zero-order chi connectivity index (χ0) is 13.8. The summed E-state index contributed by atoms with van der Waals surface area (Å²) >= 11 is 1.72. The van der Waals surface area contributed by atoms with Crippen molar-refractivity contribution < 1.29 is 9.50 Å². The lowest BCUT2D eigenvalue weighted by atomic mass is 10.1. The monoisotopic (exact) mass is 279 g/mol. The van der Waals surface area contributed by atoms with E-state index in [2.05, 4.69) is 11.4 Å². The first kappa shape index (κ1) is 14.0. The van der Waals surface area contributed by atoms with E-state index in [1.54, 1.807) is 24.3 Å². The summed E-state index contributed by atoms with van der Waals surface area (Å²) in [5.74, 6) is -0.351. The van der Waals surface area contributed by atoms with Crippen molar-refractivity contribution >= 4 is 17.0 Å². The number of hydrogen-bond acceptors (Lipinski definition) is 3. The highest BCUT2D eigenvalue weighted by atomic mass is 32.1. The Hall–Kier alpha value is -1.39. The largest absolute Gasteiger partial charge is 0.389 e. The van der Waals surface area contributed by atoms with Gasteiger partial charge in [-0.2, -0.15) is 0 Å². The molecule has 1 heterocycles. The molecular formula is C15H18FNOS. The van der Waals surface area contributed by atoms with Crippen molar-refractivity contribution in [3.8, 4) is 0 Å². The van der Waals surface area contributed by atoms with E-state index >= 15 is 0 Å². The Morgan fingerprint density at radius 2 is 2.11 bits per heavy atom. The van der Waals surface area contributed by atoms with E-state index in [4.69, 9.17) is 0 Å². The van der Waals surface area contributed by atoms with Crippen LogP contribution in [-0.2, 0) is 6.42 Å². The Bertz CT molecular complexity index is 525. The van der Waals surface area contributed by atoms with Crippen molar-refractivity contribution in [2.45, 2.75) is 19.4 Å². The fourth-order valence-corrected chi connectivity index (χ4v) is 2.82. The molecule has 0 bridgehead atoms. The average molecular weight is 279 g/mol. The van der Waals surface area contributed by atoms with Crippen molar-refractivity contribution in [3.63, 3.8) is 0 Å². The van der Waals surface area contributed by atoms with Gasteiger partial charge in [0, 0.05) is 29.7 Å². The minimum absolute atomic E-state index is 0.351. The summed E-state index contributed by atoms with van der Waals surface area (Å²) in [5.41, 5.74) is 1.13. The number of halogens is 1. The lowest BCUT2D eigenvalue weighted by molar-refractivity contribution is 0.194. The smallest absolute Gasteiger partial charge is 0.131 e. The third-order valence-corrected chi connectivity index (χ3v) is 4.07. The summed E-state index contributed by atoms with van der Waals surface area (Å²) in [6, 6.07) is 9.04. The third kappa shape index (κ3) is 3.33. The number of anilines is 1. The molecule has 0 fully saturated rings. The molecule has 4 heteroatoms. The Morgan fingerprint density at radius 3 is 2.74 bits per heavy atom. The molecule has 1 N–H and O–H groups in total. The first-order chi connectivity index (χ1) is 9.09. The van der Waals surface area contributed by atoms with E-state index in [9.17, 15) is 9.50 Å². The number of benzene rings is 1. The number of likely N-dealkylation sites (N-methyl/N-ethyl adjacent to an activating group) is 1. The van der Waals surface area contributed by atoms with Crippen LogP contribution in [0.1, 0.15) is 23.5 Å². The highest BCUT2D eigenvalue weighted by molar-refractivity contribution is 7.09. The first-order valence-electron chi connectivity index (χ1n) is 6.29. The van der Waals surface area contributed by atoms with Gasteiger partial charge in [-0.15, -0.1) is 11.3 Å². The molecule has 2 rings (SSSR count). The predicted octanol–water partition coefficient (Wildman–Crippen LogP) is 3.62. The zero-order valence-corrected chi connectivity index (χ0v) is 12.0. The molecule has 1 aromatic carbocycles. The fourth-order valence-electron chi connectivity index (χ4n) is 2.13. The molecule has 19 heavy (non-hydrogen) atoms. The van der Waals surface area contributed by atoms with Gasteiger partial charge >= 0.3 is 0 Å². The number of aliphatic hydroxyl groups is 1. The van der Waals surface area contributed by atoms with Crippen LogP contribution in [0.25, 0.3) is 0 Å². The first-order valence-corrected chi connectivity index (χ1v) is 7.17. The second-order valence-corrected chi connectivity index (χ2v) is 5.63. The maximum Gasteiger partial charge on any atom is 0.131 e. The summed E-state index contributed by atoms with van der Waals surface area (Å²) in [6.45, 7) is 2.39. The third-order valence-electron chi connectivity index (χ3n) is 3.13. The van der Waals surface area contributed by atoms with E-state index in [1.165, 1.54) is 10.9 Å². The van der Waals surface area contributed by atoms with Gasteiger partial charge in [-0.1, -0.05) is 12.1 Å². The van der Waals surface area contributed by atoms with Crippen LogP contribution >= 0.6 is 11.3 Å². The van der Waals surface area contributed by atoms with Crippen molar-refractivity contribution in [2.75, 3.05) is 18.5 Å². The van der Waals surface area contributed by atoms with Crippen LogP contribution in [0.3, 0.4) is 0 Å². The van der Waals surface area contributed by atoms with Crippen molar-refractivity contribution in [1.82, 2.24) is 0 Å². The lowest BCUT2D eigenvalue weighted by Gasteiger charge is -2.23. The molecular weight excluding hydrogens is 261 g/mol. The lowest BCUT2D eigenvalue weighted by Crippen LogP contribution is -2.22. The van der Waals surface area contributed by atoms with Crippen LogP contribution in [0.4, 0.5) is 10.1 Å². The minimum atomic E-state index is -0.805. The number of nitrogens with zero attached hydrogens (tertiary/aromatic N) is 1. The minimum Gasteiger partial charge on any atom is -0.389 e. The maximum absolute atomic E-state index is 13.8. The van der Waals surface area contributed by atoms with Crippen molar-refractivity contribution in [3.05, 3.63) is 52.0 Å².